The predicted octanol–water partition coefficient (Wildman–Crippen LogP) is 4.24. The molecule has 3 rings (SSSR count). The lowest BCUT2D eigenvalue weighted by Gasteiger charge is -2.09. The lowest BCUT2D eigenvalue weighted by Crippen LogP contribution is -2.00. The van der Waals surface area contributed by atoms with Crippen LogP contribution in [0.2, 0.25) is 0 Å². The first-order chi connectivity index (χ1) is 10.6. The van der Waals surface area contributed by atoms with E-state index in [0.717, 1.165) is 10.0 Å². The number of halogens is 1. The highest BCUT2D eigenvalue weighted by molar-refractivity contribution is 9.10. The van der Waals surface area contributed by atoms with Crippen molar-refractivity contribution < 1.29 is 13.9 Å². The maximum atomic E-state index is 12.3. The average Bonchev–Trinajstić information content (AvgIpc) is 2.54. The summed E-state index contributed by atoms with van der Waals surface area (Å²) in [6, 6.07) is 12.2. The first-order valence-corrected chi connectivity index (χ1v) is 7.37. The van der Waals surface area contributed by atoms with Gasteiger partial charge in [0.1, 0.15) is 11.3 Å². The smallest absolute Gasteiger partial charge is 0.193 e. The first-order valence-electron chi connectivity index (χ1n) is 6.58. The van der Waals surface area contributed by atoms with E-state index >= 15 is 0 Å². The lowest BCUT2D eigenvalue weighted by atomic mass is 10.1. The van der Waals surface area contributed by atoms with E-state index in [0.29, 0.717) is 28.2 Å². The summed E-state index contributed by atoms with van der Waals surface area (Å²) >= 11 is 3.35. The Kier molecular flexibility index (Phi) is 3.90. The van der Waals surface area contributed by atoms with E-state index in [4.69, 9.17) is 13.9 Å². The molecule has 0 aliphatic heterocycles. The highest BCUT2D eigenvalue weighted by Gasteiger charge is 2.11. The van der Waals surface area contributed by atoms with Crippen LogP contribution in [0.3, 0.4) is 0 Å². The normalized spacial score (nSPS) is 10.7. The third kappa shape index (κ3) is 2.60. The van der Waals surface area contributed by atoms with Crippen LogP contribution in [0.15, 0.2) is 56.1 Å². The molecule has 0 unspecified atom stereocenters. The highest BCUT2D eigenvalue weighted by Crippen LogP contribution is 2.32. The van der Waals surface area contributed by atoms with E-state index in [1.807, 2.05) is 12.1 Å². The summed E-state index contributed by atoms with van der Waals surface area (Å²) < 4.78 is 17.2. The van der Waals surface area contributed by atoms with Crippen LogP contribution in [0.25, 0.3) is 22.3 Å². The zero-order valence-electron chi connectivity index (χ0n) is 12.1. The highest BCUT2D eigenvalue weighted by atomic mass is 79.9. The number of methoxy groups -OCH3 is 2. The van der Waals surface area contributed by atoms with Gasteiger partial charge in [0.2, 0.25) is 0 Å². The summed E-state index contributed by atoms with van der Waals surface area (Å²) in [5.74, 6) is 1.69. The molecule has 2 aromatic carbocycles. The van der Waals surface area contributed by atoms with Crippen LogP contribution in [-0.4, -0.2) is 14.2 Å². The molecule has 0 aliphatic rings. The van der Waals surface area contributed by atoms with Crippen LogP contribution in [-0.2, 0) is 0 Å². The molecule has 0 radical (unpaired) electrons. The molecule has 0 fully saturated rings. The van der Waals surface area contributed by atoms with Crippen molar-refractivity contribution in [3.63, 3.8) is 0 Å². The average molecular weight is 361 g/mol. The monoisotopic (exact) mass is 360 g/mol. The van der Waals surface area contributed by atoms with Gasteiger partial charge in [0, 0.05) is 16.1 Å². The van der Waals surface area contributed by atoms with E-state index in [1.165, 1.54) is 6.07 Å². The van der Waals surface area contributed by atoms with E-state index in [2.05, 4.69) is 15.9 Å². The summed E-state index contributed by atoms with van der Waals surface area (Å²) in [4.78, 5) is 12.3. The van der Waals surface area contributed by atoms with Gasteiger partial charge in [-0.25, -0.2) is 0 Å². The van der Waals surface area contributed by atoms with Crippen LogP contribution < -0.4 is 14.9 Å². The van der Waals surface area contributed by atoms with Crippen LogP contribution in [0.4, 0.5) is 0 Å². The Bertz CT molecular complexity index is 899. The molecule has 0 saturated carbocycles. The summed E-state index contributed by atoms with van der Waals surface area (Å²) in [5, 5.41) is 0.540. The predicted molar refractivity (Wildman–Crippen MR) is 88.7 cm³/mol. The van der Waals surface area contributed by atoms with Crippen molar-refractivity contribution in [1.29, 1.82) is 0 Å². The largest absolute Gasteiger partial charge is 0.493 e. The molecular weight excluding hydrogens is 348 g/mol. The Morgan fingerprint density at radius 2 is 1.73 bits per heavy atom. The molecule has 112 valence electrons. The van der Waals surface area contributed by atoms with Gasteiger partial charge in [0.05, 0.1) is 19.6 Å². The second-order valence-corrected chi connectivity index (χ2v) is 5.60. The Morgan fingerprint density at radius 3 is 2.45 bits per heavy atom. The fourth-order valence-corrected chi connectivity index (χ4v) is 2.62. The van der Waals surface area contributed by atoms with Crippen molar-refractivity contribution in [1.82, 2.24) is 0 Å². The molecule has 0 atom stereocenters. The zero-order valence-corrected chi connectivity index (χ0v) is 13.6. The van der Waals surface area contributed by atoms with Crippen LogP contribution in [0.1, 0.15) is 0 Å². The number of hydrogen-bond acceptors (Lipinski definition) is 4. The standard InChI is InChI=1S/C17H13BrO4/c1-20-15-5-3-10(7-17(15)21-2)16-9-13(19)12-8-11(18)4-6-14(12)22-16/h3-9H,1-2H3. The topological polar surface area (TPSA) is 48.7 Å². The van der Waals surface area contributed by atoms with Crippen molar-refractivity contribution in [2.75, 3.05) is 14.2 Å². The van der Waals surface area contributed by atoms with E-state index in [9.17, 15) is 4.79 Å². The minimum absolute atomic E-state index is 0.0904. The van der Waals surface area contributed by atoms with Crippen LogP contribution in [0.5, 0.6) is 11.5 Å². The van der Waals surface area contributed by atoms with E-state index in [-0.39, 0.29) is 5.43 Å². The molecule has 0 saturated heterocycles. The van der Waals surface area contributed by atoms with Gasteiger partial charge in [-0.2, -0.15) is 0 Å². The third-order valence-corrected chi connectivity index (χ3v) is 3.85. The maximum absolute atomic E-state index is 12.3. The van der Waals surface area contributed by atoms with Gasteiger partial charge in [-0.1, -0.05) is 15.9 Å². The first kappa shape index (κ1) is 14.7. The van der Waals surface area contributed by atoms with Crippen LogP contribution in [0, 0.1) is 0 Å². The van der Waals surface area contributed by atoms with Crippen molar-refractivity contribution in [3.8, 4) is 22.8 Å². The van der Waals surface area contributed by atoms with Gasteiger partial charge in [-0.05, 0) is 36.4 Å². The molecule has 0 amide bonds. The Labute approximate surface area is 135 Å². The quantitative estimate of drug-likeness (QED) is 0.700. The van der Waals surface area contributed by atoms with Gasteiger partial charge in [-0.15, -0.1) is 0 Å². The number of rotatable bonds is 3. The molecule has 1 aromatic heterocycles. The van der Waals surface area contributed by atoms with Gasteiger partial charge >= 0.3 is 0 Å². The molecule has 0 N–H and O–H groups in total. The van der Waals surface area contributed by atoms with Crippen LogP contribution >= 0.6 is 15.9 Å². The second-order valence-electron chi connectivity index (χ2n) is 4.69. The van der Waals surface area contributed by atoms with Crippen molar-refractivity contribution >= 4 is 26.9 Å². The Morgan fingerprint density at radius 1 is 0.955 bits per heavy atom. The van der Waals surface area contributed by atoms with Gasteiger partial charge in [0.15, 0.2) is 16.9 Å². The molecule has 4 nitrogen and oxygen atoms in total. The second kappa shape index (κ2) is 5.85. The molecular formula is C17H13BrO4. The van der Waals surface area contributed by atoms with Gasteiger partial charge in [-0.3, -0.25) is 4.79 Å². The van der Waals surface area contributed by atoms with Crippen molar-refractivity contribution in [2.24, 2.45) is 0 Å². The molecule has 0 bridgehead atoms. The van der Waals surface area contributed by atoms with Crippen molar-refractivity contribution in [3.05, 3.63) is 57.2 Å². The minimum atomic E-state index is -0.0904. The number of benzene rings is 2. The Balaban J connectivity index is 2.18. The van der Waals surface area contributed by atoms with Gasteiger partial charge < -0.3 is 13.9 Å². The van der Waals surface area contributed by atoms with Crippen molar-refractivity contribution in [2.45, 2.75) is 0 Å². The molecule has 3 aromatic rings. The number of fused-ring (bicyclic) bond motifs is 1. The molecule has 1 heterocycles. The lowest BCUT2D eigenvalue weighted by molar-refractivity contribution is 0.355. The maximum Gasteiger partial charge on any atom is 0.193 e. The molecule has 0 spiro atoms. The Hall–Kier alpha value is -2.27. The third-order valence-electron chi connectivity index (χ3n) is 3.36. The number of hydrogen-bond donors (Lipinski definition) is 0. The molecule has 0 aliphatic carbocycles. The minimum Gasteiger partial charge on any atom is -0.493 e. The SMILES string of the molecule is COc1ccc(-c2cc(=O)c3cc(Br)ccc3o2)cc1OC. The fourth-order valence-electron chi connectivity index (χ4n) is 2.26. The molecule has 5 heteroatoms. The van der Waals surface area contributed by atoms with E-state index < -0.39 is 0 Å². The summed E-state index contributed by atoms with van der Waals surface area (Å²) in [6.45, 7) is 0. The summed E-state index contributed by atoms with van der Waals surface area (Å²) in [6.07, 6.45) is 0. The molecule has 22 heavy (non-hydrogen) atoms. The zero-order chi connectivity index (χ0) is 15.7. The van der Waals surface area contributed by atoms with E-state index in [1.54, 1.807) is 38.5 Å². The summed E-state index contributed by atoms with van der Waals surface area (Å²) in [7, 11) is 3.14. The summed E-state index contributed by atoms with van der Waals surface area (Å²) in [5.41, 5.74) is 1.20. The fraction of sp³-hybridized carbons (Fsp3) is 0.118. The number of ether oxygens (including phenoxy) is 2. The van der Waals surface area contributed by atoms with Gasteiger partial charge in [0.25, 0.3) is 0 Å².